The summed E-state index contributed by atoms with van der Waals surface area (Å²) in [6.07, 6.45) is 0.447. The molecule has 1 aromatic heterocycles. The van der Waals surface area contributed by atoms with E-state index in [1.807, 2.05) is 0 Å². The fourth-order valence-corrected chi connectivity index (χ4v) is 3.18. The van der Waals surface area contributed by atoms with Gasteiger partial charge in [0.05, 0.1) is 5.92 Å². The molecule has 0 aliphatic carbocycles. The number of carboxylic acid groups (broad SMARTS) is 1. The molecule has 1 aliphatic heterocycles. The first-order chi connectivity index (χ1) is 11.9. The van der Waals surface area contributed by atoms with Gasteiger partial charge in [-0.3, -0.25) is 14.4 Å². The van der Waals surface area contributed by atoms with Gasteiger partial charge in [-0.15, -0.1) is 0 Å². The normalized spacial score (nSPS) is 19.8. The number of likely N-dealkylation sites (tertiary alicyclic amines) is 1. The Bertz CT molecular complexity index is 821. The molecule has 1 aliphatic rings. The molecule has 6 nitrogen and oxygen atoms in total. The SMILES string of the molecule is CC(=O)c1ccc(-c2ccc(C(=O)N3CCC(C(=O)O)C3C)o2)cc1. The quantitative estimate of drug-likeness (QED) is 0.864. The first-order valence-corrected chi connectivity index (χ1v) is 8.13. The second-order valence-corrected chi connectivity index (χ2v) is 6.27. The predicted octanol–water partition coefficient (Wildman–Crippen LogP) is 3.08. The molecule has 1 N–H and O–H groups in total. The molecule has 0 spiro atoms. The van der Waals surface area contributed by atoms with Crippen LogP contribution in [-0.2, 0) is 4.79 Å². The van der Waals surface area contributed by atoms with Crippen LogP contribution in [0.2, 0.25) is 0 Å². The summed E-state index contributed by atoms with van der Waals surface area (Å²) in [6.45, 7) is 3.65. The van der Waals surface area contributed by atoms with Crippen LogP contribution in [0.1, 0.15) is 41.2 Å². The standard InChI is InChI=1S/C19H19NO5/c1-11-15(19(23)24)9-10-20(11)18(22)17-8-7-16(25-17)14-5-3-13(4-6-14)12(2)21/h3-8,11,15H,9-10H2,1-2H3,(H,23,24). The van der Waals surface area contributed by atoms with Gasteiger partial charge in [0, 0.05) is 23.7 Å². The van der Waals surface area contributed by atoms with E-state index in [0.717, 1.165) is 5.56 Å². The van der Waals surface area contributed by atoms with Crippen molar-refractivity contribution in [2.24, 2.45) is 5.92 Å². The maximum atomic E-state index is 12.6. The third-order valence-corrected chi connectivity index (χ3v) is 4.73. The minimum atomic E-state index is -0.881. The number of amides is 1. The number of nitrogens with zero attached hydrogens (tertiary/aromatic N) is 1. The van der Waals surface area contributed by atoms with Crippen molar-refractivity contribution in [3.05, 3.63) is 47.7 Å². The van der Waals surface area contributed by atoms with E-state index in [9.17, 15) is 19.5 Å². The zero-order valence-electron chi connectivity index (χ0n) is 14.1. The molecule has 0 radical (unpaired) electrons. The Balaban J connectivity index is 1.78. The van der Waals surface area contributed by atoms with Gasteiger partial charge in [0.15, 0.2) is 11.5 Å². The van der Waals surface area contributed by atoms with Gasteiger partial charge in [0.2, 0.25) is 0 Å². The fourth-order valence-electron chi connectivity index (χ4n) is 3.18. The number of carbonyl (C=O) groups excluding carboxylic acids is 2. The van der Waals surface area contributed by atoms with Crippen molar-refractivity contribution in [1.82, 2.24) is 4.90 Å². The second-order valence-electron chi connectivity index (χ2n) is 6.27. The Kier molecular flexibility index (Phi) is 4.44. The molecule has 25 heavy (non-hydrogen) atoms. The number of benzene rings is 1. The Morgan fingerprint density at radius 1 is 1.12 bits per heavy atom. The smallest absolute Gasteiger partial charge is 0.308 e. The molecule has 3 rings (SSSR count). The van der Waals surface area contributed by atoms with Gasteiger partial charge in [-0.1, -0.05) is 24.3 Å². The van der Waals surface area contributed by atoms with Crippen LogP contribution in [0, 0.1) is 5.92 Å². The Hall–Kier alpha value is -2.89. The minimum Gasteiger partial charge on any atom is -0.481 e. The number of furan rings is 1. The summed E-state index contributed by atoms with van der Waals surface area (Å²) in [5.41, 5.74) is 1.37. The topological polar surface area (TPSA) is 87.8 Å². The summed E-state index contributed by atoms with van der Waals surface area (Å²) in [5, 5.41) is 9.18. The van der Waals surface area contributed by atoms with Crippen molar-refractivity contribution in [1.29, 1.82) is 0 Å². The van der Waals surface area contributed by atoms with Crippen LogP contribution in [0.15, 0.2) is 40.8 Å². The van der Waals surface area contributed by atoms with Crippen molar-refractivity contribution in [3.63, 3.8) is 0 Å². The second kappa shape index (κ2) is 6.55. The average molecular weight is 341 g/mol. The predicted molar refractivity (Wildman–Crippen MR) is 90.4 cm³/mol. The zero-order chi connectivity index (χ0) is 18.1. The maximum Gasteiger partial charge on any atom is 0.308 e. The molecule has 130 valence electrons. The summed E-state index contributed by atoms with van der Waals surface area (Å²) in [5.74, 6) is -1.03. The third-order valence-electron chi connectivity index (χ3n) is 4.73. The van der Waals surface area contributed by atoms with Gasteiger partial charge in [-0.2, -0.15) is 0 Å². The number of carboxylic acids is 1. The molecule has 1 fully saturated rings. The molecule has 0 saturated carbocycles. The molecule has 2 atom stereocenters. The van der Waals surface area contributed by atoms with Crippen molar-refractivity contribution < 1.29 is 23.9 Å². The number of Topliss-reactive ketones (excluding diaryl/α,β-unsaturated/α-hetero) is 1. The van der Waals surface area contributed by atoms with E-state index >= 15 is 0 Å². The molecule has 1 amide bonds. The highest BCUT2D eigenvalue weighted by Gasteiger charge is 2.39. The van der Waals surface area contributed by atoms with E-state index in [1.165, 1.54) is 6.92 Å². The summed E-state index contributed by atoms with van der Waals surface area (Å²) in [6, 6.07) is 9.88. The molecular formula is C19H19NO5. The van der Waals surface area contributed by atoms with Gasteiger partial charge in [-0.05, 0) is 32.4 Å². The first kappa shape index (κ1) is 17.0. The number of ketones is 1. The highest BCUT2D eigenvalue weighted by atomic mass is 16.4. The van der Waals surface area contributed by atoms with Crippen LogP contribution in [0.3, 0.4) is 0 Å². The molecular weight excluding hydrogens is 322 g/mol. The van der Waals surface area contributed by atoms with Crippen LogP contribution in [-0.4, -0.2) is 40.3 Å². The first-order valence-electron chi connectivity index (χ1n) is 8.13. The molecule has 1 saturated heterocycles. The number of hydrogen-bond acceptors (Lipinski definition) is 4. The van der Waals surface area contributed by atoms with Crippen LogP contribution in [0.5, 0.6) is 0 Å². The molecule has 1 aromatic carbocycles. The largest absolute Gasteiger partial charge is 0.481 e. The zero-order valence-corrected chi connectivity index (χ0v) is 14.1. The maximum absolute atomic E-state index is 12.6. The van der Waals surface area contributed by atoms with Crippen LogP contribution >= 0.6 is 0 Å². The Morgan fingerprint density at radius 2 is 1.80 bits per heavy atom. The lowest BCUT2D eigenvalue weighted by Gasteiger charge is -2.22. The lowest BCUT2D eigenvalue weighted by Crippen LogP contribution is -2.37. The van der Waals surface area contributed by atoms with E-state index in [4.69, 9.17) is 4.42 Å². The van der Waals surface area contributed by atoms with E-state index in [0.29, 0.717) is 24.3 Å². The lowest BCUT2D eigenvalue weighted by molar-refractivity contribution is -0.142. The summed E-state index contributed by atoms with van der Waals surface area (Å²) < 4.78 is 5.66. The Labute approximate surface area is 145 Å². The van der Waals surface area contributed by atoms with E-state index in [-0.39, 0.29) is 23.5 Å². The van der Waals surface area contributed by atoms with Crippen molar-refractivity contribution in [3.8, 4) is 11.3 Å². The van der Waals surface area contributed by atoms with Crippen LogP contribution in [0.25, 0.3) is 11.3 Å². The van der Waals surface area contributed by atoms with E-state index in [2.05, 4.69) is 0 Å². The van der Waals surface area contributed by atoms with Crippen molar-refractivity contribution in [2.75, 3.05) is 6.54 Å². The molecule has 2 unspecified atom stereocenters. The Morgan fingerprint density at radius 3 is 2.36 bits per heavy atom. The molecule has 6 heteroatoms. The number of hydrogen-bond donors (Lipinski definition) is 1. The van der Waals surface area contributed by atoms with Crippen molar-refractivity contribution >= 4 is 17.7 Å². The van der Waals surface area contributed by atoms with Crippen LogP contribution in [0.4, 0.5) is 0 Å². The lowest BCUT2D eigenvalue weighted by atomic mass is 10.0. The van der Waals surface area contributed by atoms with Gasteiger partial charge in [0.25, 0.3) is 5.91 Å². The monoisotopic (exact) mass is 341 g/mol. The van der Waals surface area contributed by atoms with E-state index in [1.54, 1.807) is 48.2 Å². The summed E-state index contributed by atoms with van der Waals surface area (Å²) >= 11 is 0. The van der Waals surface area contributed by atoms with Crippen LogP contribution < -0.4 is 0 Å². The number of carbonyl (C=O) groups is 3. The molecule has 0 bridgehead atoms. The van der Waals surface area contributed by atoms with Gasteiger partial charge >= 0.3 is 5.97 Å². The van der Waals surface area contributed by atoms with Crippen molar-refractivity contribution in [2.45, 2.75) is 26.3 Å². The highest BCUT2D eigenvalue weighted by Crippen LogP contribution is 2.28. The van der Waals surface area contributed by atoms with Gasteiger partial charge < -0.3 is 14.4 Å². The fraction of sp³-hybridized carbons (Fsp3) is 0.316. The summed E-state index contributed by atoms with van der Waals surface area (Å²) in [7, 11) is 0. The van der Waals surface area contributed by atoms with E-state index < -0.39 is 11.9 Å². The average Bonchev–Trinajstić information content (AvgIpc) is 3.21. The minimum absolute atomic E-state index is 0.0159. The third kappa shape index (κ3) is 3.20. The highest BCUT2D eigenvalue weighted by molar-refractivity contribution is 5.95. The van der Waals surface area contributed by atoms with Gasteiger partial charge in [-0.25, -0.2) is 0 Å². The number of aliphatic carboxylic acids is 1. The summed E-state index contributed by atoms with van der Waals surface area (Å²) in [4.78, 5) is 36.7. The number of rotatable bonds is 4. The molecule has 2 heterocycles. The van der Waals surface area contributed by atoms with Gasteiger partial charge in [0.1, 0.15) is 5.76 Å². The molecule has 2 aromatic rings.